The molecule has 0 saturated heterocycles. The maximum absolute atomic E-state index is 13.6. The van der Waals surface area contributed by atoms with Gasteiger partial charge in [0.2, 0.25) is 0 Å². The first-order valence-electron chi connectivity index (χ1n) is 11.4. The van der Waals surface area contributed by atoms with Gasteiger partial charge >= 0.3 is 5.97 Å². The quantitative estimate of drug-likeness (QED) is 0.257. The van der Waals surface area contributed by atoms with Crippen LogP contribution in [0.2, 0.25) is 0 Å². The second-order valence-corrected chi connectivity index (χ2v) is 11.0. The van der Waals surface area contributed by atoms with Gasteiger partial charge in [-0.2, -0.15) is 8.42 Å². The fourth-order valence-corrected chi connectivity index (χ4v) is 5.50. The van der Waals surface area contributed by atoms with Crippen LogP contribution < -0.4 is 9.04 Å². The van der Waals surface area contributed by atoms with Crippen LogP contribution in [0.1, 0.15) is 41.7 Å². The number of carboxylic acid groups (broad SMARTS) is 1. The number of benzene rings is 2. The van der Waals surface area contributed by atoms with Crippen LogP contribution >= 0.6 is 11.6 Å². The Morgan fingerprint density at radius 1 is 1.14 bits per heavy atom. The molecule has 0 fully saturated rings. The zero-order valence-corrected chi connectivity index (χ0v) is 22.1. The first-order chi connectivity index (χ1) is 17.0. The number of halogens is 1. The van der Waals surface area contributed by atoms with E-state index in [-0.39, 0.29) is 17.5 Å². The van der Waals surface area contributed by atoms with Gasteiger partial charge in [0.15, 0.2) is 10.6 Å². The van der Waals surface area contributed by atoms with Crippen LogP contribution in [0.3, 0.4) is 0 Å². The summed E-state index contributed by atoms with van der Waals surface area (Å²) in [6.45, 7) is 7.81. The summed E-state index contributed by atoms with van der Waals surface area (Å²) in [5.41, 5.74) is 2.51. The van der Waals surface area contributed by atoms with Crippen LogP contribution in [0.15, 0.2) is 71.9 Å². The molecule has 190 valence electrons. The molecule has 3 aromatic rings. The lowest BCUT2D eigenvalue weighted by molar-refractivity contribution is -0.131. The van der Waals surface area contributed by atoms with E-state index in [1.807, 2.05) is 33.8 Å². The van der Waals surface area contributed by atoms with Gasteiger partial charge in [-0.05, 0) is 66.8 Å². The lowest BCUT2D eigenvalue weighted by Crippen LogP contribution is -2.35. The molecule has 36 heavy (non-hydrogen) atoms. The van der Waals surface area contributed by atoms with Gasteiger partial charge in [-0.25, -0.2) is 9.78 Å². The van der Waals surface area contributed by atoms with Gasteiger partial charge in [-0.3, -0.25) is 4.31 Å². The van der Waals surface area contributed by atoms with Crippen molar-refractivity contribution in [2.75, 3.05) is 10.8 Å². The molecule has 1 atom stereocenters. The van der Waals surface area contributed by atoms with Crippen molar-refractivity contribution in [3.63, 3.8) is 0 Å². The molecule has 1 aromatic heterocycles. The highest BCUT2D eigenvalue weighted by Crippen LogP contribution is 2.38. The number of rotatable bonds is 10. The first-order valence-corrected chi connectivity index (χ1v) is 13.2. The molecule has 9 heteroatoms. The number of hydrogen-bond donors (Lipinski definition) is 1. The van der Waals surface area contributed by atoms with Gasteiger partial charge in [0.05, 0.1) is 5.69 Å². The molecule has 7 nitrogen and oxygen atoms in total. The molecule has 1 unspecified atom stereocenters. The number of nitrogens with zero attached hydrogens (tertiary/aromatic N) is 2. The molecule has 3 rings (SSSR count). The summed E-state index contributed by atoms with van der Waals surface area (Å²) in [6, 6.07) is 15.4. The highest BCUT2D eigenvalue weighted by Gasteiger charge is 2.30. The second kappa shape index (κ2) is 11.6. The van der Waals surface area contributed by atoms with Crippen molar-refractivity contribution >= 4 is 39.4 Å². The average molecular weight is 529 g/mol. The number of carboxylic acids is 1. The van der Waals surface area contributed by atoms with Crippen molar-refractivity contribution < 1.29 is 23.1 Å². The number of sulfonamides is 1. The monoisotopic (exact) mass is 528 g/mol. The molecular weight excluding hydrogens is 500 g/mol. The van der Waals surface area contributed by atoms with Gasteiger partial charge in [0.25, 0.3) is 10.0 Å². The van der Waals surface area contributed by atoms with E-state index in [4.69, 9.17) is 21.4 Å². The largest absolute Gasteiger partial charge is 0.478 e. The van der Waals surface area contributed by atoms with E-state index >= 15 is 0 Å². The zero-order chi connectivity index (χ0) is 26.5. The Bertz CT molecular complexity index is 1360. The Balaban J connectivity index is 2.01. The molecule has 0 bridgehead atoms. The Morgan fingerprint density at radius 2 is 1.89 bits per heavy atom. The lowest BCUT2D eigenvalue weighted by atomic mass is 10.1. The maximum Gasteiger partial charge on any atom is 0.328 e. The van der Waals surface area contributed by atoms with Crippen molar-refractivity contribution in [2.45, 2.75) is 38.3 Å². The number of hydrogen-bond acceptors (Lipinski definition) is 5. The number of pyridine rings is 1. The van der Waals surface area contributed by atoms with E-state index in [1.165, 1.54) is 22.6 Å². The molecule has 0 spiro atoms. The number of anilines is 1. The van der Waals surface area contributed by atoms with Gasteiger partial charge in [-0.15, -0.1) is 0 Å². The smallest absolute Gasteiger partial charge is 0.328 e. The molecule has 0 aliphatic heterocycles. The second-order valence-electron chi connectivity index (χ2n) is 8.79. The highest BCUT2D eigenvalue weighted by atomic mass is 35.5. The molecule has 2 aromatic carbocycles. The Labute approximate surface area is 217 Å². The standard InChI is InChI=1S/C27H29ClN2O5S/c1-18(2)17-30(36(33,34)25-7-5-6-14-29-25)23-15-19(3)8-12-24(23)35-27(28)22-11-9-21(16-20(22)4)10-13-26(31)32/h5-16,18,27H,17H2,1-4H3,(H,31,32). The average Bonchev–Trinajstić information content (AvgIpc) is 2.82. The molecular formula is C27H29ClN2O5S. The highest BCUT2D eigenvalue weighted by molar-refractivity contribution is 7.92. The van der Waals surface area contributed by atoms with Crippen LogP contribution in [0, 0.1) is 19.8 Å². The van der Waals surface area contributed by atoms with Gasteiger partial charge in [0, 0.05) is 24.4 Å². The van der Waals surface area contributed by atoms with Crippen LogP contribution in [0.4, 0.5) is 5.69 Å². The van der Waals surface area contributed by atoms with Crippen LogP contribution in [-0.2, 0) is 14.8 Å². The molecule has 0 amide bonds. The van der Waals surface area contributed by atoms with E-state index in [1.54, 1.807) is 42.5 Å². The third-order valence-electron chi connectivity index (χ3n) is 5.29. The van der Waals surface area contributed by atoms with Crippen molar-refractivity contribution in [3.8, 4) is 5.75 Å². The number of aliphatic carboxylic acids is 1. The fourth-order valence-electron chi connectivity index (χ4n) is 3.59. The summed E-state index contributed by atoms with van der Waals surface area (Å²) >= 11 is 6.66. The Morgan fingerprint density at radius 3 is 2.50 bits per heavy atom. The number of alkyl halides is 1. The molecule has 0 aliphatic rings. The van der Waals surface area contributed by atoms with E-state index in [2.05, 4.69) is 4.98 Å². The van der Waals surface area contributed by atoms with E-state index in [9.17, 15) is 13.2 Å². The number of aromatic nitrogens is 1. The van der Waals surface area contributed by atoms with E-state index in [0.29, 0.717) is 22.6 Å². The van der Waals surface area contributed by atoms with Gasteiger partial charge in [0.1, 0.15) is 5.75 Å². The van der Waals surface area contributed by atoms with Crippen molar-refractivity contribution in [2.24, 2.45) is 5.92 Å². The summed E-state index contributed by atoms with van der Waals surface area (Å²) in [5, 5.41) is 8.79. The fraction of sp³-hybridized carbons (Fsp3) is 0.259. The maximum atomic E-state index is 13.6. The van der Waals surface area contributed by atoms with E-state index < -0.39 is 21.6 Å². The van der Waals surface area contributed by atoms with Crippen molar-refractivity contribution in [3.05, 3.63) is 89.1 Å². The Hall–Kier alpha value is -3.36. The first kappa shape index (κ1) is 27.2. The van der Waals surface area contributed by atoms with Crippen molar-refractivity contribution in [1.29, 1.82) is 0 Å². The van der Waals surface area contributed by atoms with Gasteiger partial charge < -0.3 is 9.84 Å². The number of ether oxygens (including phenoxy) is 1. The van der Waals surface area contributed by atoms with E-state index in [0.717, 1.165) is 17.2 Å². The summed E-state index contributed by atoms with van der Waals surface area (Å²) < 4.78 is 34.7. The number of carbonyl (C=O) groups is 1. The summed E-state index contributed by atoms with van der Waals surface area (Å²) in [5.74, 6) is -0.693. The lowest BCUT2D eigenvalue weighted by Gasteiger charge is -2.28. The SMILES string of the molecule is Cc1ccc(OC(Cl)c2ccc(C=CC(=O)O)cc2C)c(N(CC(C)C)S(=O)(=O)c2ccccn2)c1. The normalized spacial score (nSPS) is 12.6. The van der Waals surface area contributed by atoms with Gasteiger partial charge in [-0.1, -0.05) is 55.8 Å². The van der Waals surface area contributed by atoms with Crippen LogP contribution in [0.25, 0.3) is 6.08 Å². The summed E-state index contributed by atoms with van der Waals surface area (Å²) in [4.78, 5) is 14.9. The molecule has 0 aliphatic carbocycles. The minimum atomic E-state index is -3.97. The molecule has 0 radical (unpaired) electrons. The summed E-state index contributed by atoms with van der Waals surface area (Å²) in [6.07, 6.45) is 4.00. The minimum Gasteiger partial charge on any atom is -0.478 e. The molecule has 1 heterocycles. The van der Waals surface area contributed by atoms with Crippen molar-refractivity contribution in [1.82, 2.24) is 4.98 Å². The molecule has 1 N–H and O–H groups in total. The minimum absolute atomic E-state index is 0.0253. The predicted molar refractivity (Wildman–Crippen MR) is 142 cm³/mol. The van der Waals surface area contributed by atoms with Crippen LogP contribution in [-0.4, -0.2) is 31.0 Å². The number of aryl methyl sites for hydroxylation is 2. The zero-order valence-electron chi connectivity index (χ0n) is 20.6. The topological polar surface area (TPSA) is 96.8 Å². The third kappa shape index (κ3) is 6.65. The predicted octanol–water partition coefficient (Wildman–Crippen LogP) is 5.96. The Kier molecular flexibility index (Phi) is 8.76. The van der Waals surface area contributed by atoms with Crippen LogP contribution in [0.5, 0.6) is 5.75 Å². The molecule has 0 saturated carbocycles. The third-order valence-corrected chi connectivity index (χ3v) is 7.31. The summed E-state index contributed by atoms with van der Waals surface area (Å²) in [7, 11) is -3.97.